The standard InChI is InChI=1S/C59H35N3/c1-2-10-36(11-3-1)45-33-44-27-24-40-29-31-54(61-58(40)57(44)60-35-45)43-28-30-46-42(32-43)26-21-38-20-25-41(34-53(38)46)37-18-22-39(23-19-37)56-52-17-9-7-15-50(52)55-49-14-6-4-12-47(49)48-13-5-8-16-51(48)59(55)62-56/h1-35H. The van der Waals surface area contributed by atoms with Crippen molar-refractivity contribution in [2.24, 2.45) is 0 Å². The highest BCUT2D eigenvalue weighted by molar-refractivity contribution is 6.31. The topological polar surface area (TPSA) is 38.7 Å². The molecule has 0 N–H and O–H groups in total. The molecular weight excluding hydrogens is 751 g/mol. The molecule has 0 saturated carbocycles. The van der Waals surface area contributed by atoms with Gasteiger partial charge in [-0.05, 0) is 84.0 Å². The summed E-state index contributed by atoms with van der Waals surface area (Å²) in [6.07, 6.45) is 1.96. The number of fused-ring (bicyclic) bond motifs is 14. The van der Waals surface area contributed by atoms with E-state index in [0.717, 1.165) is 66.4 Å². The summed E-state index contributed by atoms with van der Waals surface area (Å²) in [5, 5.41) is 15.5. The lowest BCUT2D eigenvalue weighted by molar-refractivity contribution is 1.37. The second-order valence-electron chi connectivity index (χ2n) is 16.3. The molecule has 0 fully saturated rings. The van der Waals surface area contributed by atoms with Crippen molar-refractivity contribution >= 4 is 86.6 Å². The maximum absolute atomic E-state index is 5.49. The van der Waals surface area contributed by atoms with Crippen LogP contribution in [0.25, 0.3) is 131 Å². The predicted octanol–water partition coefficient (Wildman–Crippen LogP) is 15.8. The summed E-state index contributed by atoms with van der Waals surface area (Å²) in [6, 6.07) is 74.3. The third kappa shape index (κ3) is 5.42. The first-order valence-electron chi connectivity index (χ1n) is 21.2. The molecule has 3 heteroatoms. The first kappa shape index (κ1) is 34.6. The smallest absolute Gasteiger partial charge is 0.0972 e. The van der Waals surface area contributed by atoms with E-state index in [-0.39, 0.29) is 0 Å². The molecule has 0 spiro atoms. The first-order valence-corrected chi connectivity index (χ1v) is 21.2. The van der Waals surface area contributed by atoms with Crippen LogP contribution in [0, 0.1) is 0 Å². The highest BCUT2D eigenvalue weighted by atomic mass is 14.8. The van der Waals surface area contributed by atoms with E-state index in [2.05, 4.69) is 200 Å². The zero-order chi connectivity index (χ0) is 40.7. The third-order valence-corrected chi connectivity index (χ3v) is 12.8. The van der Waals surface area contributed by atoms with Crippen LogP contribution in [0.2, 0.25) is 0 Å². The zero-order valence-electron chi connectivity index (χ0n) is 33.5. The number of nitrogens with zero attached hydrogens (tertiary/aromatic N) is 3. The van der Waals surface area contributed by atoms with Gasteiger partial charge in [-0.25, -0.2) is 9.97 Å². The molecule has 0 atom stereocenters. The van der Waals surface area contributed by atoms with E-state index in [1.54, 1.807) is 0 Å². The summed E-state index contributed by atoms with van der Waals surface area (Å²) in [4.78, 5) is 15.6. The van der Waals surface area contributed by atoms with E-state index in [4.69, 9.17) is 15.0 Å². The van der Waals surface area contributed by atoms with Crippen LogP contribution in [0.4, 0.5) is 0 Å². The van der Waals surface area contributed by atoms with Crippen LogP contribution in [0.5, 0.6) is 0 Å². The highest BCUT2D eigenvalue weighted by Crippen LogP contribution is 2.41. The molecule has 0 amide bonds. The van der Waals surface area contributed by atoms with Gasteiger partial charge in [-0.15, -0.1) is 0 Å². The molecule has 0 unspecified atom stereocenters. The molecule has 0 radical (unpaired) electrons. The van der Waals surface area contributed by atoms with Gasteiger partial charge in [0.15, 0.2) is 0 Å². The van der Waals surface area contributed by atoms with Crippen LogP contribution in [-0.4, -0.2) is 15.0 Å². The van der Waals surface area contributed by atoms with Gasteiger partial charge < -0.3 is 0 Å². The number of hydrogen-bond acceptors (Lipinski definition) is 3. The summed E-state index contributed by atoms with van der Waals surface area (Å²) in [7, 11) is 0. The molecule has 10 aromatic carbocycles. The van der Waals surface area contributed by atoms with E-state index in [1.165, 1.54) is 65.0 Å². The monoisotopic (exact) mass is 785 g/mol. The molecular formula is C59H35N3. The Morgan fingerprint density at radius 2 is 0.823 bits per heavy atom. The van der Waals surface area contributed by atoms with Gasteiger partial charge in [0, 0.05) is 49.8 Å². The number of pyridine rings is 3. The Balaban J connectivity index is 0.873. The Bertz CT molecular complexity index is 3970. The summed E-state index contributed by atoms with van der Waals surface area (Å²) in [6.45, 7) is 0. The summed E-state index contributed by atoms with van der Waals surface area (Å²) < 4.78 is 0. The van der Waals surface area contributed by atoms with Crippen molar-refractivity contribution in [3.8, 4) is 44.8 Å². The molecule has 3 heterocycles. The Morgan fingerprint density at radius 1 is 0.258 bits per heavy atom. The lowest BCUT2D eigenvalue weighted by atomic mass is 9.92. The van der Waals surface area contributed by atoms with E-state index in [9.17, 15) is 0 Å². The number of aromatic nitrogens is 3. The highest BCUT2D eigenvalue weighted by Gasteiger charge is 2.17. The van der Waals surface area contributed by atoms with Crippen LogP contribution in [0.1, 0.15) is 0 Å². The van der Waals surface area contributed by atoms with Gasteiger partial charge in [0.1, 0.15) is 0 Å². The Kier molecular flexibility index (Phi) is 7.60. The van der Waals surface area contributed by atoms with E-state index >= 15 is 0 Å². The summed E-state index contributed by atoms with van der Waals surface area (Å²) >= 11 is 0. The predicted molar refractivity (Wildman–Crippen MR) is 262 cm³/mol. The van der Waals surface area contributed by atoms with Crippen molar-refractivity contribution in [2.45, 2.75) is 0 Å². The van der Waals surface area contributed by atoms with Crippen LogP contribution < -0.4 is 0 Å². The molecule has 0 aliphatic heterocycles. The molecule has 3 nitrogen and oxygen atoms in total. The minimum Gasteiger partial charge on any atom is -0.253 e. The average Bonchev–Trinajstić information content (AvgIpc) is 3.35. The molecule has 62 heavy (non-hydrogen) atoms. The fourth-order valence-electron chi connectivity index (χ4n) is 9.76. The van der Waals surface area contributed by atoms with Crippen molar-refractivity contribution in [1.82, 2.24) is 15.0 Å². The van der Waals surface area contributed by atoms with Gasteiger partial charge in [0.05, 0.1) is 27.9 Å². The Labute approximate surface area is 357 Å². The van der Waals surface area contributed by atoms with Gasteiger partial charge in [-0.1, -0.05) is 182 Å². The maximum Gasteiger partial charge on any atom is 0.0972 e. The van der Waals surface area contributed by atoms with Crippen LogP contribution in [-0.2, 0) is 0 Å². The lowest BCUT2D eigenvalue weighted by Crippen LogP contribution is -1.92. The Hall–Kier alpha value is -8.27. The van der Waals surface area contributed by atoms with E-state index in [1.807, 2.05) is 12.3 Å². The number of rotatable bonds is 4. The van der Waals surface area contributed by atoms with Crippen molar-refractivity contribution < 1.29 is 0 Å². The van der Waals surface area contributed by atoms with Crippen LogP contribution in [0.15, 0.2) is 212 Å². The Morgan fingerprint density at radius 3 is 1.65 bits per heavy atom. The fraction of sp³-hybridized carbons (Fsp3) is 0. The van der Waals surface area contributed by atoms with E-state index in [0.29, 0.717) is 0 Å². The largest absolute Gasteiger partial charge is 0.253 e. The second-order valence-corrected chi connectivity index (χ2v) is 16.3. The van der Waals surface area contributed by atoms with Gasteiger partial charge in [0.2, 0.25) is 0 Å². The lowest BCUT2D eigenvalue weighted by Gasteiger charge is -2.15. The first-order chi connectivity index (χ1) is 30.7. The van der Waals surface area contributed by atoms with Crippen molar-refractivity contribution in [1.29, 1.82) is 0 Å². The second kappa shape index (κ2) is 13.6. The SMILES string of the molecule is c1ccc(-c2cnc3c(ccc4ccc(-c5ccc6c(ccc7ccc(-c8ccc(-c9nc%10c%11ccccc%11c%11ccccc%11c%10c%10ccccc9%10)cc8)cc76)c5)nc43)c2)cc1. The summed E-state index contributed by atoms with van der Waals surface area (Å²) in [5.74, 6) is 0. The third-order valence-electron chi connectivity index (χ3n) is 12.8. The zero-order valence-corrected chi connectivity index (χ0v) is 33.5. The average molecular weight is 786 g/mol. The molecule has 3 aromatic heterocycles. The number of benzene rings is 10. The van der Waals surface area contributed by atoms with Crippen LogP contribution in [0.3, 0.4) is 0 Å². The molecule has 0 saturated heterocycles. The van der Waals surface area contributed by atoms with Crippen molar-refractivity contribution in [2.75, 3.05) is 0 Å². The molecule has 0 bridgehead atoms. The maximum atomic E-state index is 5.49. The quantitative estimate of drug-likeness (QED) is 0.167. The minimum absolute atomic E-state index is 0.917. The normalized spacial score (nSPS) is 11.9. The molecule has 13 aromatic rings. The molecule has 13 rings (SSSR count). The van der Waals surface area contributed by atoms with Gasteiger partial charge in [0.25, 0.3) is 0 Å². The van der Waals surface area contributed by atoms with Gasteiger partial charge >= 0.3 is 0 Å². The molecule has 286 valence electrons. The molecule has 0 aliphatic carbocycles. The fourth-order valence-corrected chi connectivity index (χ4v) is 9.76. The molecule has 0 aliphatic rings. The number of hydrogen-bond donors (Lipinski definition) is 0. The van der Waals surface area contributed by atoms with Crippen LogP contribution >= 0.6 is 0 Å². The van der Waals surface area contributed by atoms with Crippen molar-refractivity contribution in [3.63, 3.8) is 0 Å². The van der Waals surface area contributed by atoms with E-state index < -0.39 is 0 Å². The summed E-state index contributed by atoms with van der Waals surface area (Å²) in [5.41, 5.74) is 11.6. The van der Waals surface area contributed by atoms with Gasteiger partial charge in [-0.2, -0.15) is 0 Å². The van der Waals surface area contributed by atoms with Crippen molar-refractivity contribution in [3.05, 3.63) is 212 Å². The van der Waals surface area contributed by atoms with Gasteiger partial charge in [-0.3, -0.25) is 4.98 Å². The minimum atomic E-state index is 0.917.